The lowest BCUT2D eigenvalue weighted by Gasteiger charge is -2.15. The van der Waals surface area contributed by atoms with Crippen molar-refractivity contribution in [3.63, 3.8) is 0 Å². The van der Waals surface area contributed by atoms with Crippen LogP contribution in [0.1, 0.15) is 23.6 Å². The van der Waals surface area contributed by atoms with E-state index in [2.05, 4.69) is 0 Å². The average molecular weight is 225 g/mol. The zero-order chi connectivity index (χ0) is 11.6. The first-order chi connectivity index (χ1) is 6.82. The molecule has 0 aliphatic rings. The smallest absolute Gasteiger partial charge is 0.316 e. The van der Waals surface area contributed by atoms with Crippen LogP contribution in [-0.2, 0) is 0 Å². The van der Waals surface area contributed by atoms with E-state index in [-0.39, 0.29) is 11.1 Å². The second kappa shape index (κ2) is 4.14. The lowest BCUT2D eigenvalue weighted by molar-refractivity contribution is -0.149. The standard InChI is InChI=1S/C9H8F5N/c10-8(11)6-3-1-5(2-4-6)7(15)9(12,13)14/h1-4,7-8H,15H2/t7-/m1/s1. The zero-order valence-corrected chi connectivity index (χ0v) is 7.43. The summed E-state index contributed by atoms with van der Waals surface area (Å²) in [4.78, 5) is 0. The average Bonchev–Trinajstić information content (AvgIpc) is 2.15. The Hall–Kier alpha value is -1.17. The molecule has 84 valence electrons. The summed E-state index contributed by atoms with van der Waals surface area (Å²) >= 11 is 0. The normalized spacial score (nSPS) is 14.3. The van der Waals surface area contributed by atoms with Gasteiger partial charge in [-0.2, -0.15) is 13.2 Å². The van der Waals surface area contributed by atoms with E-state index in [4.69, 9.17) is 5.73 Å². The molecule has 1 rings (SSSR count). The molecule has 0 fully saturated rings. The molecule has 0 saturated carbocycles. The lowest BCUT2D eigenvalue weighted by atomic mass is 10.1. The summed E-state index contributed by atoms with van der Waals surface area (Å²) in [6, 6.07) is 1.65. The van der Waals surface area contributed by atoms with Crippen LogP contribution in [0.2, 0.25) is 0 Å². The maximum Gasteiger partial charge on any atom is 0.407 e. The molecule has 6 heteroatoms. The molecule has 1 nitrogen and oxygen atoms in total. The third-order valence-corrected chi connectivity index (χ3v) is 1.90. The molecule has 2 N–H and O–H groups in total. The predicted molar refractivity (Wildman–Crippen MR) is 44.4 cm³/mol. The Bertz CT molecular complexity index is 316. The Morgan fingerprint density at radius 1 is 0.933 bits per heavy atom. The largest absolute Gasteiger partial charge is 0.407 e. The minimum Gasteiger partial charge on any atom is -0.316 e. The van der Waals surface area contributed by atoms with Crippen molar-refractivity contribution in [3.8, 4) is 0 Å². The number of benzene rings is 1. The summed E-state index contributed by atoms with van der Waals surface area (Å²) in [5.74, 6) is 0. The molecule has 0 unspecified atom stereocenters. The number of hydrogen-bond donors (Lipinski definition) is 1. The van der Waals surface area contributed by atoms with Gasteiger partial charge in [-0.1, -0.05) is 24.3 Å². The van der Waals surface area contributed by atoms with Gasteiger partial charge in [0.1, 0.15) is 6.04 Å². The molecule has 15 heavy (non-hydrogen) atoms. The van der Waals surface area contributed by atoms with Crippen LogP contribution in [0.15, 0.2) is 24.3 Å². The maximum absolute atomic E-state index is 12.1. The highest BCUT2D eigenvalue weighted by Crippen LogP contribution is 2.31. The monoisotopic (exact) mass is 225 g/mol. The fourth-order valence-electron chi connectivity index (χ4n) is 1.04. The van der Waals surface area contributed by atoms with Crippen molar-refractivity contribution in [2.45, 2.75) is 18.6 Å². The second-order valence-electron chi connectivity index (χ2n) is 2.99. The van der Waals surface area contributed by atoms with E-state index in [0.29, 0.717) is 0 Å². The van der Waals surface area contributed by atoms with E-state index in [9.17, 15) is 22.0 Å². The van der Waals surface area contributed by atoms with Gasteiger partial charge in [0, 0.05) is 5.56 Å². The Morgan fingerprint density at radius 2 is 1.33 bits per heavy atom. The SMILES string of the molecule is N[C@H](c1ccc(C(F)F)cc1)C(F)(F)F. The first-order valence-corrected chi connectivity index (χ1v) is 4.02. The lowest BCUT2D eigenvalue weighted by Crippen LogP contribution is -2.28. The van der Waals surface area contributed by atoms with Gasteiger partial charge in [0.25, 0.3) is 6.43 Å². The Labute approximate surface area is 82.7 Å². The van der Waals surface area contributed by atoms with E-state index in [1.807, 2.05) is 0 Å². The minimum atomic E-state index is -4.56. The molecule has 0 aliphatic carbocycles. The molecule has 0 saturated heterocycles. The van der Waals surface area contributed by atoms with Crippen LogP contribution < -0.4 is 5.73 Å². The van der Waals surface area contributed by atoms with E-state index >= 15 is 0 Å². The predicted octanol–water partition coefficient (Wildman–Crippen LogP) is 3.19. The molecule has 0 radical (unpaired) electrons. The Morgan fingerprint density at radius 3 is 1.67 bits per heavy atom. The molecular weight excluding hydrogens is 217 g/mol. The summed E-state index contributed by atoms with van der Waals surface area (Å²) in [5, 5.41) is 0. The van der Waals surface area contributed by atoms with E-state index in [0.717, 1.165) is 24.3 Å². The second-order valence-corrected chi connectivity index (χ2v) is 2.99. The number of alkyl halides is 5. The van der Waals surface area contributed by atoms with Gasteiger partial charge >= 0.3 is 6.18 Å². The van der Waals surface area contributed by atoms with Crippen molar-refractivity contribution >= 4 is 0 Å². The minimum absolute atomic E-state index is 0.230. The Balaban J connectivity index is 2.89. The van der Waals surface area contributed by atoms with Crippen LogP contribution >= 0.6 is 0 Å². The first-order valence-electron chi connectivity index (χ1n) is 4.02. The van der Waals surface area contributed by atoms with Crippen LogP contribution in [0, 0.1) is 0 Å². The Kier molecular flexibility index (Phi) is 3.28. The van der Waals surface area contributed by atoms with Gasteiger partial charge in [0.2, 0.25) is 0 Å². The zero-order valence-electron chi connectivity index (χ0n) is 7.43. The third-order valence-electron chi connectivity index (χ3n) is 1.90. The quantitative estimate of drug-likeness (QED) is 0.768. The number of hydrogen-bond acceptors (Lipinski definition) is 1. The summed E-state index contributed by atoms with van der Waals surface area (Å²) in [5.41, 5.74) is 4.33. The summed E-state index contributed by atoms with van der Waals surface area (Å²) in [7, 11) is 0. The van der Waals surface area contributed by atoms with Crippen molar-refractivity contribution in [3.05, 3.63) is 35.4 Å². The highest BCUT2D eigenvalue weighted by Gasteiger charge is 2.37. The topological polar surface area (TPSA) is 26.0 Å². The van der Waals surface area contributed by atoms with Crippen LogP contribution in [0.4, 0.5) is 22.0 Å². The van der Waals surface area contributed by atoms with Crippen LogP contribution in [0.25, 0.3) is 0 Å². The van der Waals surface area contributed by atoms with E-state index < -0.39 is 18.6 Å². The van der Waals surface area contributed by atoms with Crippen LogP contribution in [0.5, 0.6) is 0 Å². The molecule has 1 aromatic rings. The van der Waals surface area contributed by atoms with Gasteiger partial charge in [-0.05, 0) is 5.56 Å². The number of nitrogens with two attached hydrogens (primary N) is 1. The summed E-state index contributed by atoms with van der Waals surface area (Å²) in [6.45, 7) is 0. The highest BCUT2D eigenvalue weighted by atomic mass is 19.4. The molecule has 0 aliphatic heterocycles. The molecule has 0 aromatic heterocycles. The fourth-order valence-corrected chi connectivity index (χ4v) is 1.04. The fraction of sp³-hybridized carbons (Fsp3) is 0.333. The molecule has 0 bridgehead atoms. The first kappa shape index (κ1) is 11.9. The van der Waals surface area contributed by atoms with Crippen molar-refractivity contribution in [1.29, 1.82) is 0 Å². The maximum atomic E-state index is 12.1. The van der Waals surface area contributed by atoms with Crippen molar-refractivity contribution in [2.24, 2.45) is 5.73 Å². The molecular formula is C9H8F5N. The van der Waals surface area contributed by atoms with Crippen molar-refractivity contribution in [2.75, 3.05) is 0 Å². The van der Waals surface area contributed by atoms with E-state index in [1.54, 1.807) is 0 Å². The van der Waals surface area contributed by atoms with Gasteiger partial charge in [0.05, 0.1) is 0 Å². The van der Waals surface area contributed by atoms with Gasteiger partial charge in [-0.25, -0.2) is 8.78 Å². The third kappa shape index (κ3) is 2.89. The number of rotatable bonds is 2. The molecule has 0 heterocycles. The van der Waals surface area contributed by atoms with Crippen molar-refractivity contribution in [1.82, 2.24) is 0 Å². The summed E-state index contributed by atoms with van der Waals surface area (Å²) < 4.78 is 60.5. The van der Waals surface area contributed by atoms with Gasteiger partial charge < -0.3 is 5.73 Å². The molecule has 1 atom stereocenters. The van der Waals surface area contributed by atoms with Crippen molar-refractivity contribution < 1.29 is 22.0 Å². The van der Waals surface area contributed by atoms with Gasteiger partial charge in [-0.3, -0.25) is 0 Å². The molecule has 0 amide bonds. The molecule has 0 spiro atoms. The van der Waals surface area contributed by atoms with Crippen LogP contribution in [0.3, 0.4) is 0 Å². The molecule has 1 aromatic carbocycles. The van der Waals surface area contributed by atoms with Crippen LogP contribution in [-0.4, -0.2) is 6.18 Å². The van der Waals surface area contributed by atoms with Gasteiger partial charge in [-0.15, -0.1) is 0 Å². The number of halogens is 5. The highest BCUT2D eigenvalue weighted by molar-refractivity contribution is 5.26. The van der Waals surface area contributed by atoms with Gasteiger partial charge in [0.15, 0.2) is 0 Å². The summed E-state index contributed by atoms with van der Waals surface area (Å²) in [6.07, 6.45) is -7.26. The van der Waals surface area contributed by atoms with E-state index in [1.165, 1.54) is 0 Å².